The lowest BCUT2D eigenvalue weighted by Crippen LogP contribution is -2.50. The third-order valence-corrected chi connectivity index (χ3v) is 6.84. The Balaban J connectivity index is 1.62. The van der Waals surface area contributed by atoms with Gasteiger partial charge in [-0.15, -0.1) is 13.2 Å². The SMILES string of the molecule is Cc1ccc(S(=O)(=O)N2CCC(F)(C(=O)Nc3ccc(OC(F)(F)F)cc3)CC2)cc1. The zero-order valence-corrected chi connectivity index (χ0v) is 17.3. The first kappa shape index (κ1) is 23.0. The monoisotopic (exact) mass is 460 g/mol. The summed E-state index contributed by atoms with van der Waals surface area (Å²) >= 11 is 0. The van der Waals surface area contributed by atoms with Gasteiger partial charge in [0.15, 0.2) is 5.67 Å². The summed E-state index contributed by atoms with van der Waals surface area (Å²) < 4.78 is 82.0. The summed E-state index contributed by atoms with van der Waals surface area (Å²) in [6, 6.07) is 10.6. The second-order valence-electron chi connectivity index (χ2n) is 7.21. The molecule has 0 atom stereocenters. The van der Waals surface area contributed by atoms with Crippen molar-refractivity contribution in [2.75, 3.05) is 18.4 Å². The molecule has 1 fully saturated rings. The number of benzene rings is 2. The molecule has 11 heteroatoms. The minimum Gasteiger partial charge on any atom is -0.406 e. The van der Waals surface area contributed by atoms with Crippen LogP contribution in [0.25, 0.3) is 0 Å². The number of aryl methyl sites for hydroxylation is 1. The second-order valence-corrected chi connectivity index (χ2v) is 9.15. The number of nitrogens with zero attached hydrogens (tertiary/aromatic N) is 1. The number of ether oxygens (including phenoxy) is 1. The van der Waals surface area contributed by atoms with Gasteiger partial charge < -0.3 is 10.1 Å². The molecule has 2 aromatic rings. The maximum Gasteiger partial charge on any atom is 0.573 e. The fourth-order valence-corrected chi connectivity index (χ4v) is 4.59. The van der Waals surface area contributed by atoms with Gasteiger partial charge >= 0.3 is 6.36 Å². The highest BCUT2D eigenvalue weighted by molar-refractivity contribution is 7.89. The van der Waals surface area contributed by atoms with Crippen LogP contribution < -0.4 is 10.1 Å². The summed E-state index contributed by atoms with van der Waals surface area (Å²) in [5.74, 6) is -1.46. The molecule has 1 N–H and O–H groups in total. The number of piperidine rings is 1. The Kier molecular flexibility index (Phi) is 6.28. The summed E-state index contributed by atoms with van der Waals surface area (Å²) in [6.07, 6.45) is -5.54. The van der Waals surface area contributed by atoms with Crippen LogP contribution in [0.5, 0.6) is 5.75 Å². The maximum atomic E-state index is 15.2. The van der Waals surface area contributed by atoms with Crippen molar-refractivity contribution >= 4 is 21.6 Å². The van der Waals surface area contributed by atoms with Crippen LogP contribution in [0.3, 0.4) is 0 Å². The molecule has 0 unspecified atom stereocenters. The van der Waals surface area contributed by atoms with Crippen LogP contribution in [0.4, 0.5) is 23.2 Å². The van der Waals surface area contributed by atoms with E-state index >= 15 is 4.39 Å². The van der Waals surface area contributed by atoms with Crippen LogP contribution in [0.2, 0.25) is 0 Å². The van der Waals surface area contributed by atoms with Gasteiger partial charge in [0.2, 0.25) is 10.0 Å². The predicted octanol–water partition coefficient (Wildman–Crippen LogP) is 4.03. The first-order chi connectivity index (χ1) is 14.4. The van der Waals surface area contributed by atoms with Crippen molar-refractivity contribution in [2.45, 2.75) is 36.7 Å². The van der Waals surface area contributed by atoms with Gasteiger partial charge in [0, 0.05) is 31.6 Å². The van der Waals surface area contributed by atoms with Crippen molar-refractivity contribution in [2.24, 2.45) is 0 Å². The van der Waals surface area contributed by atoms with Crippen LogP contribution in [0, 0.1) is 6.92 Å². The lowest BCUT2D eigenvalue weighted by molar-refractivity contribution is -0.274. The molecule has 3 rings (SSSR count). The molecule has 31 heavy (non-hydrogen) atoms. The van der Waals surface area contributed by atoms with Crippen LogP contribution in [0.15, 0.2) is 53.4 Å². The quantitative estimate of drug-likeness (QED) is 0.684. The highest BCUT2D eigenvalue weighted by atomic mass is 32.2. The van der Waals surface area contributed by atoms with E-state index in [-0.39, 0.29) is 36.5 Å². The standard InChI is InChI=1S/C20H20F4N2O4S/c1-14-2-8-17(9-3-14)31(28,29)26-12-10-19(21,11-13-26)18(27)25-15-4-6-16(7-5-15)30-20(22,23)24/h2-9H,10-13H2,1H3,(H,25,27). The van der Waals surface area contributed by atoms with Crippen molar-refractivity contribution in [1.29, 1.82) is 0 Å². The number of sulfonamides is 1. The van der Waals surface area contributed by atoms with Gasteiger partial charge in [-0.05, 0) is 43.3 Å². The van der Waals surface area contributed by atoms with Crippen LogP contribution in [-0.4, -0.2) is 43.8 Å². The first-order valence-corrected chi connectivity index (χ1v) is 10.8. The topological polar surface area (TPSA) is 75.7 Å². The molecule has 1 aliphatic rings. The first-order valence-electron chi connectivity index (χ1n) is 9.32. The Labute approximate surface area is 176 Å². The Morgan fingerprint density at radius 1 is 1.03 bits per heavy atom. The number of alkyl halides is 4. The molecule has 6 nitrogen and oxygen atoms in total. The van der Waals surface area contributed by atoms with Crippen molar-refractivity contribution in [1.82, 2.24) is 4.31 Å². The minimum atomic E-state index is -4.85. The molecule has 168 valence electrons. The summed E-state index contributed by atoms with van der Waals surface area (Å²) in [4.78, 5) is 12.5. The molecule has 0 aromatic heterocycles. The number of nitrogens with one attached hydrogen (secondary N) is 1. The average molecular weight is 460 g/mol. The van der Waals surface area contributed by atoms with Crippen molar-refractivity contribution in [3.63, 3.8) is 0 Å². The summed E-state index contributed by atoms with van der Waals surface area (Å²) in [5, 5.41) is 2.31. The lowest BCUT2D eigenvalue weighted by atomic mass is 9.93. The number of hydrogen-bond donors (Lipinski definition) is 1. The zero-order valence-electron chi connectivity index (χ0n) is 16.4. The van der Waals surface area contributed by atoms with Gasteiger partial charge in [-0.1, -0.05) is 17.7 Å². The van der Waals surface area contributed by atoms with Gasteiger partial charge in [-0.2, -0.15) is 4.31 Å². The van der Waals surface area contributed by atoms with Crippen LogP contribution >= 0.6 is 0 Å². The van der Waals surface area contributed by atoms with E-state index < -0.39 is 33.7 Å². The number of carbonyl (C=O) groups excluding carboxylic acids is 1. The van der Waals surface area contributed by atoms with Gasteiger partial charge in [0.05, 0.1) is 4.90 Å². The van der Waals surface area contributed by atoms with E-state index in [1.807, 2.05) is 6.92 Å². The molecule has 1 amide bonds. The number of amides is 1. The molecule has 1 aliphatic heterocycles. The van der Waals surface area contributed by atoms with Gasteiger partial charge in [0.1, 0.15) is 5.75 Å². The van der Waals surface area contributed by atoms with E-state index in [9.17, 15) is 26.4 Å². The van der Waals surface area contributed by atoms with E-state index in [1.54, 1.807) is 12.1 Å². The number of carbonyl (C=O) groups is 1. The molecule has 2 aromatic carbocycles. The highest BCUT2D eigenvalue weighted by Crippen LogP contribution is 2.32. The van der Waals surface area contributed by atoms with Gasteiger partial charge in [-0.3, -0.25) is 4.79 Å². The van der Waals surface area contributed by atoms with Crippen molar-refractivity contribution in [3.05, 3.63) is 54.1 Å². The maximum absolute atomic E-state index is 15.2. The molecule has 1 saturated heterocycles. The molecule has 0 spiro atoms. The molecule has 0 saturated carbocycles. The van der Waals surface area contributed by atoms with E-state index in [0.717, 1.165) is 34.1 Å². The predicted molar refractivity (Wildman–Crippen MR) is 105 cm³/mol. The van der Waals surface area contributed by atoms with E-state index in [2.05, 4.69) is 10.1 Å². The Morgan fingerprint density at radius 3 is 2.10 bits per heavy atom. The Hall–Kier alpha value is -2.66. The summed E-state index contributed by atoms with van der Waals surface area (Å²) in [7, 11) is -3.80. The molecule has 1 heterocycles. The molecule has 0 aliphatic carbocycles. The van der Waals surface area contributed by atoms with Gasteiger partial charge in [-0.25, -0.2) is 12.8 Å². The fraction of sp³-hybridized carbons (Fsp3) is 0.350. The second kappa shape index (κ2) is 8.46. The lowest BCUT2D eigenvalue weighted by Gasteiger charge is -2.34. The zero-order chi connectivity index (χ0) is 22.9. The molecular weight excluding hydrogens is 440 g/mol. The highest BCUT2D eigenvalue weighted by Gasteiger charge is 2.44. The normalized spacial score (nSPS) is 17.2. The smallest absolute Gasteiger partial charge is 0.406 e. The Morgan fingerprint density at radius 2 is 1.58 bits per heavy atom. The largest absolute Gasteiger partial charge is 0.573 e. The number of anilines is 1. The number of halogens is 4. The minimum absolute atomic E-state index is 0.0891. The average Bonchev–Trinajstić information content (AvgIpc) is 2.69. The molecular formula is C20H20F4N2O4S. The Bertz CT molecular complexity index is 1030. The van der Waals surface area contributed by atoms with E-state index in [0.29, 0.717) is 0 Å². The third kappa shape index (κ3) is 5.53. The number of hydrogen-bond acceptors (Lipinski definition) is 4. The van der Waals surface area contributed by atoms with Crippen LogP contribution in [0.1, 0.15) is 18.4 Å². The number of rotatable bonds is 5. The summed E-state index contributed by atoms with van der Waals surface area (Å²) in [6.45, 7) is 1.46. The third-order valence-electron chi connectivity index (χ3n) is 4.93. The van der Waals surface area contributed by atoms with E-state index in [1.165, 1.54) is 12.1 Å². The van der Waals surface area contributed by atoms with Crippen molar-refractivity contribution in [3.8, 4) is 5.75 Å². The van der Waals surface area contributed by atoms with E-state index in [4.69, 9.17) is 0 Å². The van der Waals surface area contributed by atoms with Crippen LogP contribution in [-0.2, 0) is 14.8 Å². The fourth-order valence-electron chi connectivity index (χ4n) is 3.15. The summed E-state index contributed by atoms with van der Waals surface area (Å²) in [5.41, 5.74) is -1.32. The molecule has 0 radical (unpaired) electrons. The van der Waals surface area contributed by atoms with Gasteiger partial charge in [0.25, 0.3) is 5.91 Å². The van der Waals surface area contributed by atoms with Crippen molar-refractivity contribution < 1.29 is 35.5 Å². The molecule has 0 bridgehead atoms.